The molecule has 154 valence electrons. The van der Waals surface area contributed by atoms with Gasteiger partial charge in [-0.25, -0.2) is 4.98 Å². The number of aromatic amines is 1. The summed E-state index contributed by atoms with van der Waals surface area (Å²) in [7, 11) is 0. The van der Waals surface area contributed by atoms with Crippen LogP contribution in [0.25, 0.3) is 12.2 Å². The van der Waals surface area contributed by atoms with E-state index in [2.05, 4.69) is 20.5 Å². The molecule has 0 bridgehead atoms. The number of anilines is 1. The van der Waals surface area contributed by atoms with Crippen molar-refractivity contribution in [2.75, 3.05) is 5.32 Å². The summed E-state index contributed by atoms with van der Waals surface area (Å²) in [6, 6.07) is 27.4. The van der Waals surface area contributed by atoms with Gasteiger partial charge in [-0.3, -0.25) is 9.89 Å². The van der Waals surface area contributed by atoms with Crippen LogP contribution in [0.2, 0.25) is 0 Å². The Morgan fingerprint density at radius 2 is 1.61 bits per heavy atom. The van der Waals surface area contributed by atoms with E-state index in [1.54, 1.807) is 0 Å². The number of amides is 1. The maximum absolute atomic E-state index is 13.1. The molecule has 0 fully saturated rings. The van der Waals surface area contributed by atoms with E-state index in [9.17, 15) is 4.79 Å². The molecule has 0 aliphatic heterocycles. The minimum absolute atomic E-state index is 0.119. The van der Waals surface area contributed by atoms with Crippen molar-refractivity contribution < 1.29 is 4.79 Å². The molecule has 1 atom stereocenters. The summed E-state index contributed by atoms with van der Waals surface area (Å²) in [6.45, 7) is 2.02. The fraction of sp³-hybridized carbons (Fsp3) is 0.0800. The van der Waals surface area contributed by atoms with Gasteiger partial charge in [0.05, 0.1) is 0 Å². The third kappa shape index (κ3) is 5.71. The van der Waals surface area contributed by atoms with Crippen molar-refractivity contribution in [2.24, 2.45) is 0 Å². The summed E-state index contributed by atoms with van der Waals surface area (Å²) in [5.41, 5.74) is 3.87. The van der Waals surface area contributed by atoms with Crippen LogP contribution in [0.4, 0.5) is 5.69 Å². The van der Waals surface area contributed by atoms with Gasteiger partial charge < -0.3 is 5.32 Å². The van der Waals surface area contributed by atoms with E-state index in [1.807, 2.05) is 104 Å². The second kappa shape index (κ2) is 9.91. The first-order chi connectivity index (χ1) is 15.2. The standard InChI is InChI=1S/C25H22N4OS/c1-18-12-15-21(16-13-18)26-24(30)23(20-10-6-3-7-11-20)31-25-27-22(28-29-25)17-14-19-8-4-2-5-9-19/h2-17,23H,1H3,(H,26,30)(H,27,28,29)/b17-14+. The molecule has 4 rings (SSSR count). The number of carbonyl (C=O) groups is 1. The monoisotopic (exact) mass is 426 g/mol. The normalized spacial score (nSPS) is 12.0. The van der Waals surface area contributed by atoms with Gasteiger partial charge in [-0.2, -0.15) is 0 Å². The first kappa shape index (κ1) is 20.6. The second-order valence-electron chi connectivity index (χ2n) is 7.01. The summed E-state index contributed by atoms with van der Waals surface area (Å²) in [6.07, 6.45) is 3.84. The Bertz CT molecular complexity index is 1160. The lowest BCUT2D eigenvalue weighted by atomic mass is 10.1. The Labute approximate surface area is 185 Å². The van der Waals surface area contributed by atoms with Crippen LogP contribution in [-0.4, -0.2) is 21.1 Å². The highest BCUT2D eigenvalue weighted by atomic mass is 32.2. The molecule has 0 aliphatic carbocycles. The van der Waals surface area contributed by atoms with Crippen LogP contribution < -0.4 is 5.32 Å². The van der Waals surface area contributed by atoms with Crippen molar-refractivity contribution in [3.8, 4) is 0 Å². The van der Waals surface area contributed by atoms with Crippen LogP contribution in [0.1, 0.15) is 27.8 Å². The summed E-state index contributed by atoms with van der Waals surface area (Å²) in [4.78, 5) is 17.6. The highest BCUT2D eigenvalue weighted by molar-refractivity contribution is 8.00. The molecule has 0 saturated heterocycles. The smallest absolute Gasteiger partial charge is 0.242 e. The molecule has 1 amide bonds. The molecule has 0 aliphatic rings. The summed E-state index contributed by atoms with van der Waals surface area (Å²) in [5, 5.41) is 10.3. The van der Waals surface area contributed by atoms with Gasteiger partial charge in [0.25, 0.3) is 0 Å². The number of hydrogen-bond acceptors (Lipinski definition) is 4. The third-order valence-corrected chi connectivity index (χ3v) is 5.71. The van der Waals surface area contributed by atoms with Gasteiger partial charge in [0.1, 0.15) is 11.1 Å². The van der Waals surface area contributed by atoms with Crippen LogP contribution in [0.3, 0.4) is 0 Å². The Kier molecular flexibility index (Phi) is 6.59. The SMILES string of the molecule is Cc1ccc(NC(=O)C(Sc2n[nH]c(/C=C/c3ccccc3)n2)c2ccccc2)cc1. The van der Waals surface area contributed by atoms with Crippen LogP contribution in [0.15, 0.2) is 90.1 Å². The Morgan fingerprint density at radius 3 is 2.32 bits per heavy atom. The quantitative estimate of drug-likeness (QED) is 0.369. The molecule has 0 saturated carbocycles. The predicted molar refractivity (Wildman–Crippen MR) is 127 cm³/mol. The first-order valence-corrected chi connectivity index (χ1v) is 10.8. The molecule has 1 unspecified atom stereocenters. The van der Waals surface area contributed by atoms with Gasteiger partial charge in [-0.15, -0.1) is 5.10 Å². The molecule has 1 heterocycles. The summed E-state index contributed by atoms with van der Waals surface area (Å²) in [5.74, 6) is 0.517. The second-order valence-corrected chi connectivity index (χ2v) is 8.08. The zero-order chi connectivity index (χ0) is 21.5. The summed E-state index contributed by atoms with van der Waals surface area (Å²) < 4.78 is 0. The number of aryl methyl sites for hydroxylation is 1. The van der Waals surface area contributed by atoms with Gasteiger partial charge in [0.15, 0.2) is 0 Å². The highest BCUT2D eigenvalue weighted by Crippen LogP contribution is 2.34. The molecule has 0 spiro atoms. The number of thioether (sulfide) groups is 1. The van der Waals surface area contributed by atoms with Crippen LogP contribution in [0, 0.1) is 6.92 Å². The number of nitrogens with zero attached hydrogens (tertiary/aromatic N) is 2. The van der Waals surface area contributed by atoms with Gasteiger partial charge in [-0.1, -0.05) is 96.2 Å². The predicted octanol–water partition coefficient (Wildman–Crippen LogP) is 5.76. The molecule has 31 heavy (non-hydrogen) atoms. The first-order valence-electron chi connectivity index (χ1n) is 9.92. The third-order valence-electron chi connectivity index (χ3n) is 4.60. The molecule has 0 radical (unpaired) electrons. The molecule has 1 aromatic heterocycles. The topological polar surface area (TPSA) is 70.7 Å². The van der Waals surface area contributed by atoms with Gasteiger partial charge in [0, 0.05) is 5.69 Å². The van der Waals surface area contributed by atoms with Crippen LogP contribution >= 0.6 is 11.8 Å². The molecule has 3 aromatic carbocycles. The van der Waals surface area contributed by atoms with E-state index in [-0.39, 0.29) is 5.91 Å². The fourth-order valence-electron chi connectivity index (χ4n) is 2.98. The number of aromatic nitrogens is 3. The van der Waals surface area contributed by atoms with Crippen LogP contribution in [-0.2, 0) is 4.79 Å². The van der Waals surface area contributed by atoms with Gasteiger partial charge >= 0.3 is 0 Å². The number of carbonyl (C=O) groups excluding carboxylic acids is 1. The number of rotatable bonds is 7. The van der Waals surface area contributed by atoms with E-state index in [0.717, 1.165) is 22.4 Å². The van der Waals surface area contributed by atoms with Gasteiger partial charge in [-0.05, 0) is 36.3 Å². The van der Waals surface area contributed by atoms with Crippen molar-refractivity contribution in [1.82, 2.24) is 15.2 Å². The average Bonchev–Trinajstić information content (AvgIpc) is 3.26. The lowest BCUT2D eigenvalue weighted by Gasteiger charge is -2.15. The molecule has 5 nitrogen and oxygen atoms in total. The molecular weight excluding hydrogens is 404 g/mol. The van der Waals surface area contributed by atoms with E-state index >= 15 is 0 Å². The zero-order valence-corrected chi connectivity index (χ0v) is 17.8. The summed E-state index contributed by atoms with van der Waals surface area (Å²) >= 11 is 1.32. The number of H-pyrrole nitrogens is 1. The highest BCUT2D eigenvalue weighted by Gasteiger charge is 2.24. The molecular formula is C25H22N4OS. The minimum Gasteiger partial charge on any atom is -0.325 e. The van der Waals surface area contributed by atoms with Gasteiger partial charge in [0.2, 0.25) is 11.1 Å². The van der Waals surface area contributed by atoms with E-state index in [4.69, 9.17) is 0 Å². The number of nitrogens with one attached hydrogen (secondary N) is 2. The van der Waals surface area contributed by atoms with Crippen molar-refractivity contribution in [1.29, 1.82) is 0 Å². The number of benzene rings is 3. The average molecular weight is 427 g/mol. The lowest BCUT2D eigenvalue weighted by molar-refractivity contribution is -0.115. The Hall–Kier alpha value is -3.64. The van der Waals surface area contributed by atoms with Crippen molar-refractivity contribution in [3.63, 3.8) is 0 Å². The Balaban J connectivity index is 1.51. The number of hydrogen-bond donors (Lipinski definition) is 2. The van der Waals surface area contributed by atoms with Crippen molar-refractivity contribution in [3.05, 3.63) is 107 Å². The maximum Gasteiger partial charge on any atom is 0.242 e. The Morgan fingerprint density at radius 1 is 0.935 bits per heavy atom. The van der Waals surface area contributed by atoms with Crippen molar-refractivity contribution in [2.45, 2.75) is 17.3 Å². The fourth-order valence-corrected chi connectivity index (χ4v) is 3.89. The van der Waals surface area contributed by atoms with E-state index in [1.165, 1.54) is 11.8 Å². The molecule has 4 aromatic rings. The largest absolute Gasteiger partial charge is 0.325 e. The molecule has 6 heteroatoms. The van der Waals surface area contributed by atoms with E-state index < -0.39 is 5.25 Å². The molecule has 2 N–H and O–H groups in total. The zero-order valence-electron chi connectivity index (χ0n) is 17.0. The van der Waals surface area contributed by atoms with E-state index in [0.29, 0.717) is 11.0 Å². The minimum atomic E-state index is -0.482. The maximum atomic E-state index is 13.1. The lowest BCUT2D eigenvalue weighted by Crippen LogP contribution is -2.19. The van der Waals surface area contributed by atoms with Crippen LogP contribution in [0.5, 0.6) is 0 Å². The van der Waals surface area contributed by atoms with Crippen molar-refractivity contribution >= 4 is 35.5 Å².